The molecule has 0 unspecified atom stereocenters. The van der Waals surface area contributed by atoms with Crippen molar-refractivity contribution in [1.29, 1.82) is 0 Å². The van der Waals surface area contributed by atoms with Crippen LogP contribution >= 0.6 is 22.7 Å². The highest BCUT2D eigenvalue weighted by Gasteiger charge is 2.53. The lowest BCUT2D eigenvalue weighted by Gasteiger charge is -2.35. The number of phenols is 1. The van der Waals surface area contributed by atoms with Crippen LogP contribution in [0.25, 0.3) is 31.9 Å². The summed E-state index contributed by atoms with van der Waals surface area (Å²) >= 11 is 3.28. The van der Waals surface area contributed by atoms with Crippen molar-refractivity contribution >= 4 is 50.6 Å². The summed E-state index contributed by atoms with van der Waals surface area (Å²) in [5, 5.41) is 35.4. The predicted molar refractivity (Wildman–Crippen MR) is 233 cm³/mol. The highest BCUT2D eigenvalue weighted by molar-refractivity contribution is 7.19. The number of likely N-dealkylation sites (tertiary alicyclic amines) is 2. The first kappa shape index (κ1) is 42.7. The minimum absolute atomic E-state index is 0.0383. The third-order valence-electron chi connectivity index (χ3n) is 12.0. The zero-order chi connectivity index (χ0) is 43.1. The van der Waals surface area contributed by atoms with Gasteiger partial charge >= 0.3 is 0 Å². The van der Waals surface area contributed by atoms with Crippen molar-refractivity contribution in [3.63, 3.8) is 0 Å². The summed E-state index contributed by atoms with van der Waals surface area (Å²) in [5.41, 5.74) is 3.87. The first-order chi connectivity index (χ1) is 29.2. The van der Waals surface area contributed by atoms with Gasteiger partial charge in [-0.3, -0.25) is 19.3 Å². The number of phenolic OH excluding ortho intramolecular Hbond substituents is 1. The number of aryl methyl sites for hydroxylation is 1. The standard InChI is InChI=1S/C45H52FN7O6S2/c1-26-39(60-25-48-26)28-9-10-29(23-47-41(56)34-20-30(54)24-53(34)42(57)40(44(2,3)4)49-43(58)45(46)13-14-45)36(19-28)59-18-17-52-15-11-27(12-16-52)37-22-33-38(61-37)21-32(50-51-33)31-7-5-6-8-35(31)55/h5-10,19,21-22,25,27,30,34,40,54-55H,11-18,20,23-24H2,1-4H3,(H,47,56)(H,49,58)/t30-,34+,40-/m1/s1. The molecule has 2 saturated heterocycles. The summed E-state index contributed by atoms with van der Waals surface area (Å²) in [6, 6.07) is 15.1. The van der Waals surface area contributed by atoms with Gasteiger partial charge in [-0.15, -0.1) is 32.9 Å². The number of alkyl halides is 1. The fourth-order valence-electron chi connectivity index (χ4n) is 8.18. The average molecular weight is 870 g/mol. The molecule has 2 aliphatic heterocycles. The van der Waals surface area contributed by atoms with Gasteiger partial charge in [-0.2, -0.15) is 0 Å². The van der Waals surface area contributed by atoms with E-state index in [1.165, 1.54) is 9.78 Å². The highest BCUT2D eigenvalue weighted by atomic mass is 32.1. The molecule has 3 atom stereocenters. The van der Waals surface area contributed by atoms with E-state index >= 15 is 0 Å². The van der Waals surface area contributed by atoms with Gasteiger partial charge in [-0.1, -0.05) is 45.0 Å². The maximum absolute atomic E-state index is 14.6. The van der Waals surface area contributed by atoms with Crippen LogP contribution in [0.2, 0.25) is 0 Å². The topological polar surface area (TPSA) is 170 Å². The largest absolute Gasteiger partial charge is 0.507 e. The second kappa shape index (κ2) is 17.4. The predicted octanol–water partition coefficient (Wildman–Crippen LogP) is 6.37. The van der Waals surface area contributed by atoms with E-state index in [0.29, 0.717) is 29.5 Å². The van der Waals surface area contributed by atoms with Gasteiger partial charge < -0.3 is 30.5 Å². The lowest BCUT2D eigenvalue weighted by Crippen LogP contribution is -2.59. The number of halogens is 1. The number of aliphatic hydroxyl groups is 1. The molecule has 2 aromatic carbocycles. The molecule has 13 nitrogen and oxygen atoms in total. The van der Waals surface area contributed by atoms with Gasteiger partial charge in [0.25, 0.3) is 5.91 Å². The molecular weight excluding hydrogens is 818 g/mol. The zero-order valence-corrected chi connectivity index (χ0v) is 36.5. The van der Waals surface area contributed by atoms with Crippen LogP contribution in [0.15, 0.2) is 60.1 Å². The number of carbonyl (C=O) groups is 3. The van der Waals surface area contributed by atoms with E-state index in [9.17, 15) is 29.0 Å². The Morgan fingerprint density at radius 1 is 1.07 bits per heavy atom. The lowest BCUT2D eigenvalue weighted by molar-refractivity contribution is -0.145. The average Bonchev–Trinajstić information content (AvgIpc) is 3.52. The fourth-order valence-corrected chi connectivity index (χ4v) is 10.2. The number of thiazole rings is 1. The van der Waals surface area contributed by atoms with Crippen molar-refractivity contribution in [2.24, 2.45) is 5.41 Å². The molecule has 3 fully saturated rings. The summed E-state index contributed by atoms with van der Waals surface area (Å²) in [7, 11) is 0. The van der Waals surface area contributed by atoms with Crippen LogP contribution in [-0.4, -0.2) is 110 Å². The summed E-state index contributed by atoms with van der Waals surface area (Å²) in [4.78, 5) is 50.9. The number of fused-ring (bicyclic) bond motifs is 1. The van der Waals surface area contributed by atoms with Crippen LogP contribution < -0.4 is 15.4 Å². The lowest BCUT2D eigenvalue weighted by atomic mass is 9.85. The first-order valence-electron chi connectivity index (χ1n) is 20.9. The molecule has 1 aliphatic carbocycles. The number of piperidine rings is 1. The maximum atomic E-state index is 14.6. The number of β-amino-alcohol motifs (C(OH)–C–C–N with tert-alkyl or cyclic N) is 1. The van der Waals surface area contributed by atoms with Crippen LogP contribution in [0.4, 0.5) is 4.39 Å². The number of carbonyl (C=O) groups excluding carboxylic acids is 3. The van der Waals surface area contributed by atoms with E-state index in [4.69, 9.17) is 4.74 Å². The van der Waals surface area contributed by atoms with E-state index in [2.05, 4.69) is 36.8 Å². The van der Waals surface area contributed by atoms with Gasteiger partial charge in [0.1, 0.15) is 35.7 Å². The third kappa shape index (κ3) is 9.42. The van der Waals surface area contributed by atoms with E-state index in [1.54, 1.807) is 55.6 Å². The molecule has 61 heavy (non-hydrogen) atoms. The molecule has 3 amide bonds. The molecule has 0 radical (unpaired) electrons. The molecule has 8 rings (SSSR count). The molecule has 3 aromatic heterocycles. The number of aliphatic hydroxyl groups excluding tert-OH is 1. The number of hydrogen-bond donors (Lipinski definition) is 4. The van der Waals surface area contributed by atoms with E-state index in [-0.39, 0.29) is 38.1 Å². The minimum Gasteiger partial charge on any atom is -0.507 e. The zero-order valence-electron chi connectivity index (χ0n) is 34.8. The summed E-state index contributed by atoms with van der Waals surface area (Å²) in [6.07, 6.45) is 1.33. The number of rotatable bonds is 13. The van der Waals surface area contributed by atoms with Crippen LogP contribution in [-0.2, 0) is 20.9 Å². The van der Waals surface area contributed by atoms with Gasteiger partial charge in [0.05, 0.1) is 32.6 Å². The van der Waals surface area contributed by atoms with Crippen molar-refractivity contribution in [2.45, 2.75) is 96.1 Å². The van der Waals surface area contributed by atoms with Gasteiger partial charge in [-0.05, 0) is 92.9 Å². The number of benzene rings is 2. The maximum Gasteiger partial charge on any atom is 0.258 e. The van der Waals surface area contributed by atoms with Crippen molar-refractivity contribution in [1.82, 2.24) is 35.6 Å². The molecule has 1 saturated carbocycles. The number of aromatic hydroxyl groups is 1. The second-order valence-corrected chi connectivity index (χ2v) is 19.5. The fraction of sp³-hybridized carbons (Fsp3) is 0.467. The molecular formula is C45H52FN7O6S2. The van der Waals surface area contributed by atoms with Crippen molar-refractivity contribution in [3.05, 3.63) is 76.2 Å². The third-order valence-corrected chi connectivity index (χ3v) is 14.2. The minimum atomic E-state index is -1.96. The van der Waals surface area contributed by atoms with E-state index in [0.717, 1.165) is 64.4 Å². The Bertz CT molecular complexity index is 2420. The van der Waals surface area contributed by atoms with Crippen molar-refractivity contribution < 1.29 is 33.7 Å². The van der Waals surface area contributed by atoms with Crippen LogP contribution in [0.1, 0.15) is 74.9 Å². The number of nitrogens with one attached hydrogen (secondary N) is 2. The van der Waals surface area contributed by atoms with Crippen LogP contribution in [0.3, 0.4) is 0 Å². The number of amides is 3. The number of hydrogen-bond acceptors (Lipinski definition) is 12. The van der Waals surface area contributed by atoms with Crippen LogP contribution in [0.5, 0.6) is 11.5 Å². The molecule has 4 N–H and O–H groups in total. The van der Waals surface area contributed by atoms with Gasteiger partial charge in [-0.25, -0.2) is 9.37 Å². The van der Waals surface area contributed by atoms with Gasteiger partial charge in [0.2, 0.25) is 11.8 Å². The monoisotopic (exact) mass is 869 g/mol. The Hall–Kier alpha value is -5.03. The molecule has 0 spiro atoms. The Kier molecular flexibility index (Phi) is 12.2. The summed E-state index contributed by atoms with van der Waals surface area (Å²) < 4.78 is 22.2. The molecule has 3 aliphatic rings. The number of para-hydroxylation sites is 1. The molecule has 16 heteroatoms. The number of nitrogens with zero attached hydrogens (tertiary/aromatic N) is 5. The second-order valence-electron chi connectivity index (χ2n) is 17.6. The SMILES string of the molecule is Cc1ncsc1-c1ccc(CNC(=O)[C@@H]2C[C@@H](O)CN2C(=O)[C@@H](NC(=O)C2(F)CC2)C(C)(C)C)c(OCCN2CCC(c3cc4nnc(-c5ccccc5O)cc4s3)CC2)c1. The van der Waals surface area contributed by atoms with Crippen LogP contribution in [0, 0.1) is 12.3 Å². The first-order valence-corrected chi connectivity index (χ1v) is 22.6. The summed E-state index contributed by atoms with van der Waals surface area (Å²) in [6.45, 7) is 10.3. The van der Waals surface area contributed by atoms with E-state index in [1.807, 2.05) is 48.8 Å². The Morgan fingerprint density at radius 2 is 1.84 bits per heavy atom. The smallest absolute Gasteiger partial charge is 0.258 e. The normalized spacial score (nSPS) is 19.8. The Balaban J connectivity index is 0.897. The summed E-state index contributed by atoms with van der Waals surface area (Å²) in [5.74, 6) is -0.567. The van der Waals surface area contributed by atoms with Crippen molar-refractivity contribution in [2.75, 3.05) is 32.8 Å². The van der Waals surface area contributed by atoms with Gasteiger partial charge in [0, 0.05) is 42.1 Å². The van der Waals surface area contributed by atoms with Gasteiger partial charge in [0.15, 0.2) is 5.67 Å². The number of aromatic nitrogens is 3. The van der Waals surface area contributed by atoms with Crippen molar-refractivity contribution in [3.8, 4) is 33.2 Å². The highest BCUT2D eigenvalue weighted by Crippen LogP contribution is 2.41. The molecule has 5 aromatic rings. The number of ether oxygens (including phenoxy) is 1. The molecule has 322 valence electrons. The van der Waals surface area contributed by atoms with E-state index < -0.39 is 47.0 Å². The molecule has 5 heterocycles. The Morgan fingerprint density at radius 3 is 2.54 bits per heavy atom. The molecule has 0 bridgehead atoms. The Labute approximate surface area is 362 Å². The number of thiophene rings is 1. The quantitative estimate of drug-likeness (QED) is 0.104.